The highest BCUT2D eigenvalue weighted by molar-refractivity contribution is 5.21. The third-order valence-corrected chi connectivity index (χ3v) is 4.18. The molecule has 1 aromatic heterocycles. The van der Waals surface area contributed by atoms with Crippen molar-refractivity contribution in [1.82, 2.24) is 14.5 Å². The molecule has 1 fully saturated rings. The number of rotatable bonds is 5. The summed E-state index contributed by atoms with van der Waals surface area (Å²) in [7, 11) is 1.98. The first-order valence-electron chi connectivity index (χ1n) is 7.72. The Labute approximate surface area is 131 Å². The van der Waals surface area contributed by atoms with Crippen LogP contribution in [0.5, 0.6) is 5.75 Å². The molecule has 0 radical (unpaired) electrons. The first kappa shape index (κ1) is 15.1. The van der Waals surface area contributed by atoms with Gasteiger partial charge in [0.15, 0.2) is 0 Å². The maximum absolute atomic E-state index is 10.6. The number of para-hydroxylation sites is 1. The molecule has 0 spiro atoms. The van der Waals surface area contributed by atoms with Crippen LogP contribution in [0.2, 0.25) is 0 Å². The molecule has 2 aromatic rings. The summed E-state index contributed by atoms with van der Waals surface area (Å²) in [5.41, 5.74) is 0.352. The lowest BCUT2D eigenvalue weighted by atomic mass is 9.92. The van der Waals surface area contributed by atoms with Crippen LogP contribution in [0, 0.1) is 0 Å². The Morgan fingerprint density at radius 2 is 1.95 bits per heavy atom. The normalized spacial score (nSPS) is 18.3. The third kappa shape index (κ3) is 3.87. The Balaban J connectivity index is 1.47. The maximum Gasteiger partial charge on any atom is 0.119 e. The van der Waals surface area contributed by atoms with E-state index < -0.39 is 5.60 Å². The molecule has 5 heteroatoms. The van der Waals surface area contributed by atoms with Crippen molar-refractivity contribution in [3.63, 3.8) is 0 Å². The SMILES string of the molecule is Cn1cnc(CN2CCC(O)(COc3ccccc3)CC2)c1. The lowest BCUT2D eigenvalue weighted by molar-refractivity contribution is -0.0538. The molecule has 0 unspecified atom stereocenters. The highest BCUT2D eigenvalue weighted by Gasteiger charge is 2.33. The van der Waals surface area contributed by atoms with E-state index in [0.29, 0.717) is 6.61 Å². The highest BCUT2D eigenvalue weighted by Crippen LogP contribution is 2.24. The van der Waals surface area contributed by atoms with Gasteiger partial charge >= 0.3 is 0 Å². The van der Waals surface area contributed by atoms with Gasteiger partial charge in [-0.2, -0.15) is 0 Å². The molecule has 0 saturated carbocycles. The zero-order valence-corrected chi connectivity index (χ0v) is 13.0. The van der Waals surface area contributed by atoms with E-state index in [1.54, 1.807) is 0 Å². The molecule has 1 aromatic carbocycles. The summed E-state index contributed by atoms with van der Waals surface area (Å²) in [6.45, 7) is 2.93. The molecule has 1 aliphatic heterocycles. The van der Waals surface area contributed by atoms with Crippen molar-refractivity contribution in [3.05, 3.63) is 48.5 Å². The summed E-state index contributed by atoms with van der Waals surface area (Å²) in [4.78, 5) is 6.69. The second kappa shape index (κ2) is 6.50. The van der Waals surface area contributed by atoms with Crippen LogP contribution in [0.4, 0.5) is 0 Å². The van der Waals surface area contributed by atoms with Crippen LogP contribution in [0.15, 0.2) is 42.9 Å². The lowest BCUT2D eigenvalue weighted by Crippen LogP contribution is -2.47. The Bertz CT molecular complexity index is 589. The molecule has 118 valence electrons. The van der Waals surface area contributed by atoms with Gasteiger partial charge in [0, 0.05) is 32.9 Å². The van der Waals surface area contributed by atoms with Crippen molar-refractivity contribution in [2.24, 2.45) is 7.05 Å². The maximum atomic E-state index is 10.6. The molecule has 1 aliphatic rings. The summed E-state index contributed by atoms with van der Waals surface area (Å²) in [6.07, 6.45) is 5.32. The molecule has 22 heavy (non-hydrogen) atoms. The average molecular weight is 301 g/mol. The van der Waals surface area contributed by atoms with Crippen LogP contribution in [-0.2, 0) is 13.6 Å². The minimum absolute atomic E-state index is 0.356. The topological polar surface area (TPSA) is 50.5 Å². The number of hydrogen-bond donors (Lipinski definition) is 1. The fraction of sp³-hybridized carbons (Fsp3) is 0.471. The number of aromatic nitrogens is 2. The number of ether oxygens (including phenoxy) is 1. The van der Waals surface area contributed by atoms with Gasteiger partial charge in [-0.3, -0.25) is 4.90 Å². The first-order chi connectivity index (χ1) is 10.6. The van der Waals surface area contributed by atoms with Gasteiger partial charge in [0.05, 0.1) is 12.0 Å². The van der Waals surface area contributed by atoms with E-state index in [1.165, 1.54) is 0 Å². The van der Waals surface area contributed by atoms with Crippen LogP contribution < -0.4 is 4.74 Å². The van der Waals surface area contributed by atoms with Gasteiger partial charge in [-0.05, 0) is 25.0 Å². The van der Waals surface area contributed by atoms with Gasteiger partial charge in [-0.25, -0.2) is 4.98 Å². The predicted octanol–water partition coefficient (Wildman–Crippen LogP) is 1.83. The number of imidazole rings is 1. The van der Waals surface area contributed by atoms with Gasteiger partial charge in [-0.1, -0.05) is 18.2 Å². The fourth-order valence-corrected chi connectivity index (χ4v) is 2.78. The van der Waals surface area contributed by atoms with E-state index in [0.717, 1.165) is 43.9 Å². The van der Waals surface area contributed by atoms with Crippen LogP contribution >= 0.6 is 0 Å². The van der Waals surface area contributed by atoms with E-state index in [4.69, 9.17) is 4.74 Å². The lowest BCUT2D eigenvalue weighted by Gasteiger charge is -2.37. The second-order valence-corrected chi connectivity index (χ2v) is 6.13. The molecule has 5 nitrogen and oxygen atoms in total. The van der Waals surface area contributed by atoms with Crippen molar-refractivity contribution in [1.29, 1.82) is 0 Å². The van der Waals surface area contributed by atoms with Gasteiger partial charge in [-0.15, -0.1) is 0 Å². The molecule has 1 saturated heterocycles. The average Bonchev–Trinajstić information content (AvgIpc) is 2.94. The van der Waals surface area contributed by atoms with E-state index in [2.05, 4.69) is 9.88 Å². The van der Waals surface area contributed by atoms with Crippen molar-refractivity contribution >= 4 is 0 Å². The number of benzene rings is 1. The Morgan fingerprint density at radius 3 is 2.59 bits per heavy atom. The van der Waals surface area contributed by atoms with Gasteiger partial charge in [0.1, 0.15) is 18.0 Å². The Kier molecular flexibility index (Phi) is 4.45. The number of piperidine rings is 1. The number of aliphatic hydroxyl groups is 1. The van der Waals surface area contributed by atoms with Crippen LogP contribution in [0.1, 0.15) is 18.5 Å². The molecule has 0 amide bonds. The van der Waals surface area contributed by atoms with E-state index in [9.17, 15) is 5.11 Å². The molecule has 1 N–H and O–H groups in total. The summed E-state index contributed by atoms with van der Waals surface area (Å²) in [5, 5.41) is 10.6. The third-order valence-electron chi connectivity index (χ3n) is 4.18. The molecular formula is C17H23N3O2. The number of hydrogen-bond acceptors (Lipinski definition) is 4. The molecule has 0 aliphatic carbocycles. The Hall–Kier alpha value is -1.85. The monoisotopic (exact) mass is 301 g/mol. The van der Waals surface area contributed by atoms with Gasteiger partial charge in [0.2, 0.25) is 0 Å². The largest absolute Gasteiger partial charge is 0.491 e. The smallest absolute Gasteiger partial charge is 0.119 e. The first-order valence-corrected chi connectivity index (χ1v) is 7.72. The van der Waals surface area contributed by atoms with Crippen LogP contribution in [0.25, 0.3) is 0 Å². The van der Waals surface area contributed by atoms with Crippen molar-refractivity contribution in [2.45, 2.75) is 25.0 Å². The highest BCUT2D eigenvalue weighted by atomic mass is 16.5. The zero-order valence-electron chi connectivity index (χ0n) is 13.0. The zero-order chi connectivity index (χ0) is 15.4. The molecule has 0 atom stereocenters. The fourth-order valence-electron chi connectivity index (χ4n) is 2.78. The van der Waals surface area contributed by atoms with E-state index >= 15 is 0 Å². The second-order valence-electron chi connectivity index (χ2n) is 6.13. The van der Waals surface area contributed by atoms with Crippen LogP contribution in [-0.4, -0.2) is 44.9 Å². The molecule has 0 bridgehead atoms. The number of nitrogens with zero attached hydrogens (tertiary/aromatic N) is 3. The molecule has 2 heterocycles. The Morgan fingerprint density at radius 1 is 1.23 bits per heavy atom. The summed E-state index contributed by atoms with van der Waals surface area (Å²) >= 11 is 0. The van der Waals surface area contributed by atoms with Crippen molar-refractivity contribution in [3.8, 4) is 5.75 Å². The van der Waals surface area contributed by atoms with E-state index in [-0.39, 0.29) is 0 Å². The summed E-state index contributed by atoms with van der Waals surface area (Å²) in [5.74, 6) is 0.812. The number of likely N-dealkylation sites (tertiary alicyclic amines) is 1. The molecule has 3 rings (SSSR count). The minimum atomic E-state index is -0.726. The quantitative estimate of drug-likeness (QED) is 0.915. The summed E-state index contributed by atoms with van der Waals surface area (Å²) < 4.78 is 7.68. The van der Waals surface area contributed by atoms with Crippen LogP contribution in [0.3, 0.4) is 0 Å². The van der Waals surface area contributed by atoms with Crippen molar-refractivity contribution in [2.75, 3.05) is 19.7 Å². The van der Waals surface area contributed by atoms with Gasteiger partial charge < -0.3 is 14.4 Å². The number of aryl methyl sites for hydroxylation is 1. The van der Waals surface area contributed by atoms with Gasteiger partial charge in [0.25, 0.3) is 0 Å². The standard InChI is InChI=1S/C17H23N3O2/c1-19-11-15(18-14-19)12-20-9-7-17(21,8-10-20)13-22-16-5-3-2-4-6-16/h2-6,11,14,21H,7-10,12-13H2,1H3. The summed E-state index contributed by atoms with van der Waals surface area (Å²) in [6, 6.07) is 9.67. The van der Waals surface area contributed by atoms with Crippen molar-refractivity contribution < 1.29 is 9.84 Å². The predicted molar refractivity (Wildman–Crippen MR) is 84.6 cm³/mol. The minimum Gasteiger partial charge on any atom is -0.491 e. The molecular weight excluding hydrogens is 278 g/mol. The van der Waals surface area contributed by atoms with E-state index in [1.807, 2.05) is 54.5 Å².